The van der Waals surface area contributed by atoms with Crippen LogP contribution < -0.4 is 21.7 Å². The standard InChI is InChI=1S/C22H28F2N4O3.C12H20N4/c1-3-4-19(27-21(30)11-15-9-17(23)12-18(24)10-15)22(31)28-20-6-5-16(13-26-20)14(2)25-7-8-29;1-10(11-3-4-12(13)14-9-11)16-7-5-15(2)6-8-16/h5-6,9-10,12-14,19,25,29H,3-4,7-8,11H2,1-2H3,(H,27,30)(H,26,28,31);3-4,9-10H,5-8H2,1-2H3,(H2,13,14). The van der Waals surface area contributed by atoms with Crippen molar-refractivity contribution in [1.29, 1.82) is 0 Å². The fourth-order valence-corrected chi connectivity index (χ4v) is 5.13. The maximum atomic E-state index is 13.3. The van der Waals surface area contributed by atoms with Gasteiger partial charge in [0.1, 0.15) is 29.3 Å². The quantitative estimate of drug-likeness (QED) is 0.187. The normalized spacial score (nSPS) is 15.6. The Morgan fingerprint density at radius 2 is 1.64 bits per heavy atom. The van der Waals surface area contributed by atoms with Crippen LogP contribution in [0.5, 0.6) is 0 Å². The van der Waals surface area contributed by atoms with Crippen molar-refractivity contribution < 1.29 is 23.5 Å². The minimum Gasteiger partial charge on any atom is -0.395 e. The van der Waals surface area contributed by atoms with Crippen LogP contribution in [0.25, 0.3) is 0 Å². The Hall–Kier alpha value is -4.04. The first-order valence-corrected chi connectivity index (χ1v) is 16.0. The van der Waals surface area contributed by atoms with Crippen LogP contribution in [0.4, 0.5) is 20.4 Å². The zero-order chi connectivity index (χ0) is 34.3. The fourth-order valence-electron chi connectivity index (χ4n) is 5.13. The molecular weight excluding hydrogens is 606 g/mol. The molecule has 3 aromatic rings. The van der Waals surface area contributed by atoms with Gasteiger partial charge in [-0.05, 0) is 68.3 Å². The summed E-state index contributed by atoms with van der Waals surface area (Å²) in [7, 11) is 2.17. The largest absolute Gasteiger partial charge is 0.395 e. The van der Waals surface area contributed by atoms with Crippen molar-refractivity contribution in [2.45, 2.75) is 58.2 Å². The van der Waals surface area contributed by atoms with E-state index < -0.39 is 29.5 Å². The number of aliphatic hydroxyl groups is 1. The molecule has 47 heavy (non-hydrogen) atoms. The third-order valence-corrected chi connectivity index (χ3v) is 7.99. The van der Waals surface area contributed by atoms with Crippen LogP contribution in [-0.2, 0) is 16.0 Å². The Balaban J connectivity index is 0.000000312. The number of aliphatic hydroxyl groups excluding tert-OH is 1. The number of rotatable bonds is 13. The topological polar surface area (TPSA) is 149 Å². The minimum absolute atomic E-state index is 0.0100. The van der Waals surface area contributed by atoms with Gasteiger partial charge in [-0.2, -0.15) is 0 Å². The predicted octanol–water partition coefficient (Wildman–Crippen LogP) is 3.44. The number of hydrogen-bond acceptors (Lipinski definition) is 9. The fraction of sp³-hybridized carbons (Fsp3) is 0.471. The number of nitrogen functional groups attached to an aromatic ring is 1. The van der Waals surface area contributed by atoms with Crippen molar-refractivity contribution in [3.8, 4) is 0 Å². The van der Waals surface area contributed by atoms with Gasteiger partial charge >= 0.3 is 0 Å². The van der Waals surface area contributed by atoms with Crippen LogP contribution in [0.2, 0.25) is 0 Å². The third-order valence-electron chi connectivity index (χ3n) is 7.99. The van der Waals surface area contributed by atoms with E-state index in [1.807, 2.05) is 32.2 Å². The molecule has 6 N–H and O–H groups in total. The van der Waals surface area contributed by atoms with Crippen molar-refractivity contribution in [3.63, 3.8) is 0 Å². The monoisotopic (exact) mass is 654 g/mol. The molecule has 0 bridgehead atoms. The molecule has 1 saturated heterocycles. The zero-order valence-corrected chi connectivity index (χ0v) is 27.7. The number of carbonyl (C=O) groups is 2. The van der Waals surface area contributed by atoms with Gasteiger partial charge in [0.15, 0.2) is 0 Å². The zero-order valence-electron chi connectivity index (χ0n) is 27.7. The van der Waals surface area contributed by atoms with E-state index in [1.54, 1.807) is 12.3 Å². The number of pyridine rings is 2. The van der Waals surface area contributed by atoms with Gasteiger partial charge in [0.2, 0.25) is 11.8 Å². The van der Waals surface area contributed by atoms with E-state index in [0.717, 1.165) is 49.9 Å². The van der Waals surface area contributed by atoms with E-state index in [4.69, 9.17) is 10.8 Å². The highest BCUT2D eigenvalue weighted by Crippen LogP contribution is 2.21. The first-order chi connectivity index (χ1) is 22.5. The molecule has 0 aliphatic carbocycles. The highest BCUT2D eigenvalue weighted by Gasteiger charge is 2.22. The number of nitrogens with one attached hydrogen (secondary N) is 3. The molecule has 2 amide bonds. The Morgan fingerprint density at radius 3 is 2.21 bits per heavy atom. The molecule has 4 rings (SSSR count). The SMILES string of the molecule is CC(c1ccc(N)nc1)N1CCN(C)CC1.CCCC(NC(=O)Cc1cc(F)cc(F)c1)C(=O)Nc1ccc(C(C)NCCO)cn1. The summed E-state index contributed by atoms with van der Waals surface area (Å²) in [4.78, 5) is 38.2. The molecule has 11 nitrogen and oxygen atoms in total. The van der Waals surface area contributed by atoms with Crippen molar-refractivity contribution in [1.82, 2.24) is 30.4 Å². The molecule has 0 spiro atoms. The van der Waals surface area contributed by atoms with E-state index >= 15 is 0 Å². The molecule has 3 unspecified atom stereocenters. The van der Waals surface area contributed by atoms with Crippen molar-refractivity contribution in [3.05, 3.63) is 83.2 Å². The second kappa shape index (κ2) is 18.9. The van der Waals surface area contributed by atoms with Crippen molar-refractivity contribution in [2.24, 2.45) is 0 Å². The van der Waals surface area contributed by atoms with Crippen molar-refractivity contribution >= 4 is 23.5 Å². The van der Waals surface area contributed by atoms with Crippen LogP contribution in [0.3, 0.4) is 0 Å². The number of hydrogen-bond donors (Lipinski definition) is 5. The highest BCUT2D eigenvalue weighted by molar-refractivity contribution is 5.96. The Kier molecular flexibility index (Phi) is 15.1. The molecule has 13 heteroatoms. The van der Waals surface area contributed by atoms with Gasteiger partial charge in [-0.1, -0.05) is 25.5 Å². The predicted molar refractivity (Wildman–Crippen MR) is 179 cm³/mol. The molecule has 3 atom stereocenters. The van der Waals surface area contributed by atoms with Gasteiger partial charge in [-0.25, -0.2) is 18.7 Å². The molecule has 3 heterocycles. The van der Waals surface area contributed by atoms with Crippen molar-refractivity contribution in [2.75, 3.05) is 57.4 Å². The first kappa shape index (κ1) is 37.4. The lowest BCUT2D eigenvalue weighted by Crippen LogP contribution is -2.45. The summed E-state index contributed by atoms with van der Waals surface area (Å²) in [6, 6.07) is 9.94. The maximum absolute atomic E-state index is 13.3. The Bertz CT molecular complexity index is 1380. The van der Waals surface area contributed by atoms with E-state index in [9.17, 15) is 18.4 Å². The number of anilines is 2. The number of halogens is 2. The molecular formula is C34H48F2N8O3. The smallest absolute Gasteiger partial charge is 0.248 e. The van der Waals surface area contributed by atoms with Gasteiger partial charge in [0.05, 0.1) is 13.0 Å². The second-order valence-corrected chi connectivity index (χ2v) is 11.8. The number of carbonyl (C=O) groups excluding carboxylic acids is 2. The number of nitrogens with two attached hydrogens (primary N) is 1. The summed E-state index contributed by atoms with van der Waals surface area (Å²) in [6.07, 6.45) is 4.31. The van der Waals surface area contributed by atoms with Gasteiger partial charge in [0, 0.05) is 63.3 Å². The highest BCUT2D eigenvalue weighted by atomic mass is 19.1. The van der Waals surface area contributed by atoms with Crippen LogP contribution in [0.15, 0.2) is 54.9 Å². The average molecular weight is 655 g/mol. The molecule has 256 valence electrons. The molecule has 1 aliphatic rings. The summed E-state index contributed by atoms with van der Waals surface area (Å²) < 4.78 is 26.6. The molecule has 1 fully saturated rings. The second-order valence-electron chi connectivity index (χ2n) is 11.8. The summed E-state index contributed by atoms with van der Waals surface area (Å²) >= 11 is 0. The van der Waals surface area contributed by atoms with Gasteiger partial charge in [-0.15, -0.1) is 0 Å². The molecule has 0 saturated carbocycles. The lowest BCUT2D eigenvalue weighted by Gasteiger charge is -2.36. The number of nitrogens with zero attached hydrogens (tertiary/aromatic N) is 4. The third kappa shape index (κ3) is 12.6. The number of aromatic nitrogens is 2. The van der Waals surface area contributed by atoms with E-state index in [1.165, 1.54) is 5.56 Å². The molecule has 0 radical (unpaired) electrons. The molecule has 1 aliphatic heterocycles. The Labute approximate surface area is 276 Å². The van der Waals surface area contributed by atoms with Crippen LogP contribution in [0, 0.1) is 11.6 Å². The summed E-state index contributed by atoms with van der Waals surface area (Å²) in [5.74, 6) is -1.53. The molecule has 1 aromatic carbocycles. The number of likely N-dealkylation sites (N-methyl/N-ethyl adjacent to an activating group) is 1. The van der Waals surface area contributed by atoms with Crippen LogP contribution in [0.1, 0.15) is 62.4 Å². The summed E-state index contributed by atoms with van der Waals surface area (Å²) in [5, 5.41) is 17.3. The van der Waals surface area contributed by atoms with E-state index in [0.29, 0.717) is 37.1 Å². The number of piperazine rings is 1. The number of benzene rings is 1. The van der Waals surface area contributed by atoms with Gasteiger partial charge < -0.3 is 31.7 Å². The molecule has 2 aromatic heterocycles. The minimum atomic E-state index is -0.803. The average Bonchev–Trinajstić information content (AvgIpc) is 3.04. The van der Waals surface area contributed by atoms with Gasteiger partial charge in [-0.3, -0.25) is 14.5 Å². The summed E-state index contributed by atoms with van der Waals surface area (Å²) in [6.45, 7) is 11.1. The maximum Gasteiger partial charge on any atom is 0.248 e. The van der Waals surface area contributed by atoms with E-state index in [2.05, 4.69) is 55.8 Å². The lowest BCUT2D eigenvalue weighted by atomic mass is 10.1. The Morgan fingerprint density at radius 1 is 0.979 bits per heavy atom. The summed E-state index contributed by atoms with van der Waals surface area (Å²) in [5.41, 5.74) is 7.92. The first-order valence-electron chi connectivity index (χ1n) is 16.0. The van der Waals surface area contributed by atoms with Crippen LogP contribution >= 0.6 is 0 Å². The van der Waals surface area contributed by atoms with Gasteiger partial charge in [0.25, 0.3) is 0 Å². The van der Waals surface area contributed by atoms with Crippen LogP contribution in [-0.4, -0.2) is 89.1 Å². The lowest BCUT2D eigenvalue weighted by molar-refractivity contribution is -0.126. The number of amides is 2. The van der Waals surface area contributed by atoms with E-state index in [-0.39, 0.29) is 24.6 Å².